The number of aromatic nitrogens is 1. The van der Waals surface area contributed by atoms with Crippen molar-refractivity contribution in [1.82, 2.24) is 9.88 Å². The van der Waals surface area contributed by atoms with Gasteiger partial charge in [0.05, 0.1) is 17.5 Å². The standard InChI is InChI=1S/C9H11FN2O/c1-6-8(9(13)12(2)3)4-7(10)5-11-6/h4-5H,1-3H3. The Kier molecular flexibility index (Phi) is 2.60. The smallest absolute Gasteiger partial charge is 0.255 e. The molecule has 0 aromatic carbocycles. The summed E-state index contributed by atoms with van der Waals surface area (Å²) in [6, 6.07) is 1.20. The summed E-state index contributed by atoms with van der Waals surface area (Å²) in [5.41, 5.74) is 0.852. The molecule has 0 aliphatic heterocycles. The molecule has 0 bridgehead atoms. The van der Waals surface area contributed by atoms with Gasteiger partial charge in [0.1, 0.15) is 5.82 Å². The number of carbonyl (C=O) groups is 1. The Morgan fingerprint density at radius 1 is 1.54 bits per heavy atom. The van der Waals surface area contributed by atoms with Crippen molar-refractivity contribution in [3.8, 4) is 0 Å². The van der Waals surface area contributed by atoms with Crippen LogP contribution in [0.5, 0.6) is 0 Å². The van der Waals surface area contributed by atoms with Gasteiger partial charge in [-0.3, -0.25) is 9.78 Å². The Bertz CT molecular complexity index is 336. The first kappa shape index (κ1) is 9.64. The van der Waals surface area contributed by atoms with Gasteiger partial charge in [-0.15, -0.1) is 0 Å². The average molecular weight is 182 g/mol. The molecule has 0 atom stereocenters. The number of nitrogens with zero attached hydrogens (tertiary/aromatic N) is 2. The van der Waals surface area contributed by atoms with Crippen molar-refractivity contribution >= 4 is 5.91 Å². The van der Waals surface area contributed by atoms with Gasteiger partial charge in [-0.2, -0.15) is 0 Å². The molecule has 0 N–H and O–H groups in total. The second-order valence-corrected chi connectivity index (χ2v) is 2.99. The molecule has 0 spiro atoms. The summed E-state index contributed by atoms with van der Waals surface area (Å²) in [6.45, 7) is 1.68. The molecule has 4 heteroatoms. The van der Waals surface area contributed by atoms with E-state index >= 15 is 0 Å². The topological polar surface area (TPSA) is 33.2 Å². The van der Waals surface area contributed by atoms with Crippen LogP contribution in [0.1, 0.15) is 16.1 Å². The maximum Gasteiger partial charge on any atom is 0.255 e. The molecule has 1 rings (SSSR count). The van der Waals surface area contributed by atoms with E-state index in [0.29, 0.717) is 11.3 Å². The van der Waals surface area contributed by atoms with Crippen molar-refractivity contribution in [3.63, 3.8) is 0 Å². The molecule has 1 aromatic rings. The molecule has 1 amide bonds. The molecule has 3 nitrogen and oxygen atoms in total. The minimum Gasteiger partial charge on any atom is -0.345 e. The molecule has 0 saturated carbocycles. The van der Waals surface area contributed by atoms with E-state index in [4.69, 9.17) is 0 Å². The lowest BCUT2D eigenvalue weighted by Crippen LogP contribution is -2.23. The fourth-order valence-corrected chi connectivity index (χ4v) is 0.965. The van der Waals surface area contributed by atoms with E-state index in [9.17, 15) is 9.18 Å². The molecule has 1 heterocycles. The van der Waals surface area contributed by atoms with Crippen LogP contribution in [0, 0.1) is 12.7 Å². The summed E-state index contributed by atoms with van der Waals surface area (Å²) in [4.78, 5) is 16.6. The van der Waals surface area contributed by atoms with Gasteiger partial charge in [-0.25, -0.2) is 4.39 Å². The summed E-state index contributed by atoms with van der Waals surface area (Å²) >= 11 is 0. The number of hydrogen-bond acceptors (Lipinski definition) is 2. The highest BCUT2D eigenvalue weighted by molar-refractivity contribution is 5.94. The van der Waals surface area contributed by atoms with Crippen LogP contribution < -0.4 is 0 Å². The number of aryl methyl sites for hydroxylation is 1. The third-order valence-corrected chi connectivity index (χ3v) is 1.69. The SMILES string of the molecule is Cc1ncc(F)cc1C(=O)N(C)C. The second kappa shape index (κ2) is 3.51. The molecule has 0 saturated heterocycles. The van der Waals surface area contributed by atoms with Crippen LogP contribution in [0.3, 0.4) is 0 Å². The number of rotatable bonds is 1. The van der Waals surface area contributed by atoms with Crippen LogP contribution in [0.2, 0.25) is 0 Å². The average Bonchev–Trinajstić information content (AvgIpc) is 2.08. The Labute approximate surface area is 76.2 Å². The highest BCUT2D eigenvalue weighted by atomic mass is 19.1. The minimum absolute atomic E-state index is 0.232. The van der Waals surface area contributed by atoms with E-state index in [0.717, 1.165) is 6.20 Å². The van der Waals surface area contributed by atoms with Gasteiger partial charge in [-0.1, -0.05) is 0 Å². The van der Waals surface area contributed by atoms with E-state index in [1.807, 2.05) is 0 Å². The van der Waals surface area contributed by atoms with E-state index < -0.39 is 5.82 Å². The van der Waals surface area contributed by atoms with Crippen LogP contribution in [-0.2, 0) is 0 Å². The molecular formula is C9H11FN2O. The van der Waals surface area contributed by atoms with Gasteiger partial charge in [0.2, 0.25) is 0 Å². The maximum atomic E-state index is 12.7. The van der Waals surface area contributed by atoms with Crippen molar-refractivity contribution in [1.29, 1.82) is 0 Å². The van der Waals surface area contributed by atoms with Crippen molar-refractivity contribution in [2.45, 2.75) is 6.92 Å². The lowest BCUT2D eigenvalue weighted by atomic mass is 10.2. The molecule has 0 unspecified atom stereocenters. The zero-order chi connectivity index (χ0) is 10.0. The zero-order valence-corrected chi connectivity index (χ0v) is 7.84. The normalized spacial score (nSPS) is 9.85. The van der Waals surface area contributed by atoms with Gasteiger partial charge in [0, 0.05) is 14.1 Å². The van der Waals surface area contributed by atoms with Crippen LogP contribution in [0.4, 0.5) is 4.39 Å². The zero-order valence-electron chi connectivity index (χ0n) is 7.84. The summed E-state index contributed by atoms with van der Waals surface area (Å²) in [7, 11) is 3.24. The van der Waals surface area contributed by atoms with E-state index in [-0.39, 0.29) is 5.91 Å². The molecule has 0 fully saturated rings. The summed E-state index contributed by atoms with van der Waals surface area (Å²) in [5.74, 6) is -0.722. The number of hydrogen-bond donors (Lipinski definition) is 0. The van der Waals surface area contributed by atoms with Crippen molar-refractivity contribution in [2.75, 3.05) is 14.1 Å². The predicted molar refractivity (Wildman–Crippen MR) is 46.9 cm³/mol. The quantitative estimate of drug-likeness (QED) is 0.654. The van der Waals surface area contributed by atoms with Gasteiger partial charge >= 0.3 is 0 Å². The highest BCUT2D eigenvalue weighted by Gasteiger charge is 2.12. The number of carbonyl (C=O) groups excluding carboxylic acids is 1. The summed E-state index contributed by atoms with van der Waals surface area (Å²) in [5, 5.41) is 0. The van der Waals surface area contributed by atoms with Gasteiger partial charge in [-0.05, 0) is 13.0 Å². The maximum absolute atomic E-state index is 12.7. The molecule has 0 aliphatic carbocycles. The molecule has 70 valence electrons. The Morgan fingerprint density at radius 2 is 2.15 bits per heavy atom. The van der Waals surface area contributed by atoms with E-state index in [1.54, 1.807) is 21.0 Å². The van der Waals surface area contributed by atoms with Gasteiger partial charge in [0.15, 0.2) is 0 Å². The molecule has 0 aliphatic rings. The van der Waals surface area contributed by atoms with Gasteiger partial charge in [0.25, 0.3) is 5.91 Å². The Morgan fingerprint density at radius 3 is 2.69 bits per heavy atom. The highest BCUT2D eigenvalue weighted by Crippen LogP contribution is 2.08. The Hall–Kier alpha value is -1.45. The first-order valence-electron chi connectivity index (χ1n) is 3.86. The third-order valence-electron chi connectivity index (χ3n) is 1.69. The largest absolute Gasteiger partial charge is 0.345 e. The monoisotopic (exact) mass is 182 g/mol. The summed E-state index contributed by atoms with van der Waals surface area (Å²) < 4.78 is 12.7. The first-order valence-corrected chi connectivity index (χ1v) is 3.86. The van der Waals surface area contributed by atoms with Crippen LogP contribution in [-0.4, -0.2) is 29.9 Å². The van der Waals surface area contributed by atoms with Crippen molar-refractivity contribution in [3.05, 3.63) is 29.3 Å². The van der Waals surface area contributed by atoms with E-state index in [2.05, 4.69) is 4.98 Å². The van der Waals surface area contributed by atoms with E-state index in [1.165, 1.54) is 11.0 Å². The lowest BCUT2D eigenvalue weighted by Gasteiger charge is -2.11. The molecule has 1 aromatic heterocycles. The minimum atomic E-state index is -0.490. The summed E-state index contributed by atoms with van der Waals surface area (Å²) in [6.07, 6.45) is 1.10. The first-order chi connectivity index (χ1) is 6.02. The lowest BCUT2D eigenvalue weighted by molar-refractivity contribution is 0.0826. The number of amides is 1. The van der Waals surface area contributed by atoms with Crippen LogP contribution >= 0.6 is 0 Å². The second-order valence-electron chi connectivity index (χ2n) is 2.99. The molecule has 0 radical (unpaired) electrons. The van der Waals surface area contributed by atoms with Gasteiger partial charge < -0.3 is 4.90 Å². The fourth-order valence-electron chi connectivity index (χ4n) is 0.965. The van der Waals surface area contributed by atoms with Crippen molar-refractivity contribution in [2.24, 2.45) is 0 Å². The Balaban J connectivity index is 3.13. The molecular weight excluding hydrogens is 171 g/mol. The van der Waals surface area contributed by atoms with Crippen LogP contribution in [0.15, 0.2) is 12.3 Å². The molecule has 13 heavy (non-hydrogen) atoms. The number of pyridine rings is 1. The van der Waals surface area contributed by atoms with Crippen LogP contribution in [0.25, 0.3) is 0 Å². The third kappa shape index (κ3) is 2.02. The number of halogens is 1. The van der Waals surface area contributed by atoms with Crippen molar-refractivity contribution < 1.29 is 9.18 Å². The fraction of sp³-hybridized carbons (Fsp3) is 0.333. The predicted octanol–water partition coefficient (Wildman–Crippen LogP) is 1.23.